The third kappa shape index (κ3) is 4.99. The number of hydrazine groups is 1. The van der Waals surface area contributed by atoms with Crippen LogP contribution in [0.3, 0.4) is 0 Å². The number of nitrogens with two attached hydrogens (primary N) is 1. The van der Waals surface area contributed by atoms with Crippen molar-refractivity contribution in [2.45, 2.75) is 0 Å². The predicted molar refractivity (Wildman–Crippen MR) is 117 cm³/mol. The number of aliphatic imine (C=N–C) groups is 1. The molecule has 0 spiro atoms. The van der Waals surface area contributed by atoms with Gasteiger partial charge in [0.25, 0.3) is 0 Å². The quantitative estimate of drug-likeness (QED) is 0.369. The minimum absolute atomic E-state index is 0.00681. The number of halogens is 1. The van der Waals surface area contributed by atoms with Crippen LogP contribution in [0, 0.1) is 0 Å². The normalized spacial score (nSPS) is 11.3. The number of nitrogens with zero attached hydrogens (tertiary/aromatic N) is 4. The number of pyridine rings is 1. The van der Waals surface area contributed by atoms with Crippen LogP contribution >= 0.6 is 11.6 Å². The summed E-state index contributed by atoms with van der Waals surface area (Å²) in [5, 5.41) is 6.65. The Morgan fingerprint density at radius 3 is 1.97 bits per heavy atom. The van der Waals surface area contributed by atoms with Gasteiger partial charge in [-0.25, -0.2) is 20.1 Å². The van der Waals surface area contributed by atoms with Gasteiger partial charge in [0.15, 0.2) is 5.15 Å². The van der Waals surface area contributed by atoms with Crippen LogP contribution in [-0.2, 0) is 10.2 Å². The van der Waals surface area contributed by atoms with E-state index in [4.69, 9.17) is 21.7 Å². The molecule has 0 aliphatic carbocycles. The van der Waals surface area contributed by atoms with E-state index in [1.54, 1.807) is 0 Å². The number of hydrogen-bond donors (Lipinski definition) is 1. The first-order valence-electron chi connectivity index (χ1n) is 8.63. The summed E-state index contributed by atoms with van der Waals surface area (Å²) < 4.78 is 25.0. The van der Waals surface area contributed by atoms with E-state index in [1.807, 2.05) is 60.7 Å². The maximum absolute atomic E-state index is 12.0. The Bertz CT molecular complexity index is 1080. The zero-order chi connectivity index (χ0) is 21.0. The summed E-state index contributed by atoms with van der Waals surface area (Å²) in [5.41, 5.74) is 3.08. The molecule has 150 valence electrons. The molecule has 3 rings (SSSR count). The molecule has 1 aromatic heterocycles. The van der Waals surface area contributed by atoms with Crippen LogP contribution in [0.25, 0.3) is 0 Å². The lowest BCUT2D eigenvalue weighted by molar-refractivity contribution is 0.425. The fourth-order valence-corrected chi connectivity index (χ4v) is 3.92. The summed E-state index contributed by atoms with van der Waals surface area (Å²) in [6.45, 7) is 0. The van der Waals surface area contributed by atoms with Gasteiger partial charge >= 0.3 is 10.2 Å². The second kappa shape index (κ2) is 8.71. The minimum Gasteiger partial charge on any atom is -0.246 e. The molecule has 0 atom stereocenters. The van der Waals surface area contributed by atoms with Gasteiger partial charge in [0.2, 0.25) is 0 Å². The van der Waals surface area contributed by atoms with Gasteiger partial charge in [-0.05, 0) is 6.07 Å². The Hall–Kier alpha value is -2.78. The zero-order valence-corrected chi connectivity index (χ0v) is 17.5. The molecule has 0 amide bonds. The number of benzene rings is 2. The molecule has 0 unspecified atom stereocenters. The van der Waals surface area contributed by atoms with Gasteiger partial charge in [0, 0.05) is 25.2 Å². The SMILES string of the molecule is CN(C)N(c1cc(N=C(c2ccccc2)c2ccccc2)cnc1Cl)S(N)(=O)=O. The van der Waals surface area contributed by atoms with E-state index in [0.717, 1.165) is 15.5 Å². The molecule has 7 nitrogen and oxygen atoms in total. The highest BCUT2D eigenvalue weighted by Gasteiger charge is 2.24. The van der Waals surface area contributed by atoms with E-state index < -0.39 is 10.2 Å². The van der Waals surface area contributed by atoms with Gasteiger partial charge in [-0.3, -0.25) is 0 Å². The largest absolute Gasteiger partial charge is 0.312 e. The molecule has 0 saturated carbocycles. The molecule has 9 heteroatoms. The summed E-state index contributed by atoms with van der Waals surface area (Å²) >= 11 is 6.16. The van der Waals surface area contributed by atoms with Crippen LogP contribution in [0.1, 0.15) is 11.1 Å². The van der Waals surface area contributed by atoms with Gasteiger partial charge in [-0.15, -0.1) is 0 Å². The molecule has 29 heavy (non-hydrogen) atoms. The average Bonchev–Trinajstić information content (AvgIpc) is 2.68. The second-order valence-corrected chi connectivity index (χ2v) is 8.06. The topological polar surface area (TPSA) is 91.9 Å². The van der Waals surface area contributed by atoms with Crippen LogP contribution in [0.2, 0.25) is 5.15 Å². The van der Waals surface area contributed by atoms with Gasteiger partial charge in [-0.1, -0.05) is 72.3 Å². The first kappa shape index (κ1) is 20.9. The standard InChI is InChI=1S/C20H20ClN5O2S/c1-25(2)26(29(22,27)28)18-13-17(14-23-20(18)21)24-19(15-9-5-3-6-10-15)16-11-7-4-8-12-16/h3-14H,1-2H3,(H2,22,27,28). The molecule has 0 aliphatic heterocycles. The third-order valence-electron chi connectivity index (χ3n) is 3.95. The molecule has 0 aliphatic rings. The Balaban J connectivity index is 2.17. The van der Waals surface area contributed by atoms with Gasteiger partial charge in [-0.2, -0.15) is 12.8 Å². The fourth-order valence-electron chi connectivity index (χ4n) is 2.82. The van der Waals surface area contributed by atoms with E-state index in [-0.39, 0.29) is 10.8 Å². The summed E-state index contributed by atoms with van der Waals surface area (Å²) in [5.74, 6) is 0. The van der Waals surface area contributed by atoms with Crippen LogP contribution < -0.4 is 9.55 Å². The van der Waals surface area contributed by atoms with Crippen molar-refractivity contribution in [1.82, 2.24) is 9.99 Å². The molecule has 0 saturated heterocycles. The molecule has 3 aromatic rings. The first-order chi connectivity index (χ1) is 13.8. The van der Waals surface area contributed by atoms with E-state index in [2.05, 4.69) is 4.98 Å². The van der Waals surface area contributed by atoms with Crippen molar-refractivity contribution in [2.75, 3.05) is 18.5 Å². The molecule has 2 N–H and O–H groups in total. The van der Waals surface area contributed by atoms with E-state index in [0.29, 0.717) is 11.4 Å². The van der Waals surface area contributed by atoms with Crippen LogP contribution in [-0.4, -0.2) is 38.2 Å². The molecule has 0 bridgehead atoms. The van der Waals surface area contributed by atoms with Crippen molar-refractivity contribution in [1.29, 1.82) is 0 Å². The van der Waals surface area contributed by atoms with Gasteiger partial charge in [0.05, 0.1) is 17.6 Å². The highest BCUT2D eigenvalue weighted by molar-refractivity contribution is 7.90. The maximum atomic E-state index is 12.0. The maximum Gasteiger partial charge on any atom is 0.312 e. The Labute approximate surface area is 175 Å². The number of hydrogen-bond acceptors (Lipinski definition) is 5. The average molecular weight is 430 g/mol. The molecule has 0 radical (unpaired) electrons. The van der Waals surface area contributed by atoms with Crippen molar-refractivity contribution in [3.05, 3.63) is 89.2 Å². The summed E-state index contributed by atoms with van der Waals surface area (Å²) in [4.78, 5) is 8.85. The monoisotopic (exact) mass is 429 g/mol. The molecular weight excluding hydrogens is 410 g/mol. The van der Waals surface area contributed by atoms with Crippen LogP contribution in [0.15, 0.2) is 77.9 Å². The lowest BCUT2D eigenvalue weighted by Gasteiger charge is -2.28. The molecule has 2 aromatic carbocycles. The first-order valence-corrected chi connectivity index (χ1v) is 10.5. The van der Waals surface area contributed by atoms with Crippen molar-refractivity contribution in [2.24, 2.45) is 10.1 Å². The van der Waals surface area contributed by atoms with E-state index in [1.165, 1.54) is 31.4 Å². The predicted octanol–water partition coefficient (Wildman–Crippen LogP) is 3.39. The highest BCUT2D eigenvalue weighted by atomic mass is 35.5. The zero-order valence-electron chi connectivity index (χ0n) is 15.9. The highest BCUT2D eigenvalue weighted by Crippen LogP contribution is 2.30. The summed E-state index contributed by atoms with van der Waals surface area (Å²) in [7, 11) is -1.03. The van der Waals surface area contributed by atoms with Gasteiger partial charge < -0.3 is 0 Å². The molecule has 1 heterocycles. The van der Waals surface area contributed by atoms with Crippen molar-refractivity contribution in [3.8, 4) is 0 Å². The molecular formula is C20H20ClN5O2S. The van der Waals surface area contributed by atoms with E-state index >= 15 is 0 Å². The smallest absolute Gasteiger partial charge is 0.246 e. The van der Waals surface area contributed by atoms with Crippen LogP contribution in [0.5, 0.6) is 0 Å². The summed E-state index contributed by atoms with van der Waals surface area (Å²) in [6, 6.07) is 20.9. The molecule has 0 fully saturated rings. The van der Waals surface area contributed by atoms with Crippen LogP contribution in [0.4, 0.5) is 11.4 Å². The Morgan fingerprint density at radius 1 is 1.00 bits per heavy atom. The van der Waals surface area contributed by atoms with Gasteiger partial charge in [0.1, 0.15) is 5.69 Å². The fraction of sp³-hybridized carbons (Fsp3) is 0.100. The van der Waals surface area contributed by atoms with Crippen molar-refractivity contribution >= 4 is 38.9 Å². The minimum atomic E-state index is -4.10. The van der Waals surface area contributed by atoms with E-state index in [9.17, 15) is 8.42 Å². The van der Waals surface area contributed by atoms with Crippen molar-refractivity contribution in [3.63, 3.8) is 0 Å². The Kier molecular flexibility index (Phi) is 6.29. The number of aromatic nitrogens is 1. The number of anilines is 1. The summed E-state index contributed by atoms with van der Waals surface area (Å²) in [6.07, 6.45) is 1.48. The second-order valence-electron chi connectivity index (χ2n) is 6.33. The Morgan fingerprint density at radius 2 is 1.52 bits per heavy atom. The lowest BCUT2D eigenvalue weighted by atomic mass is 10.0. The van der Waals surface area contributed by atoms with Crippen molar-refractivity contribution < 1.29 is 8.42 Å². The third-order valence-corrected chi connectivity index (χ3v) is 5.25. The number of rotatable bonds is 6. The lowest BCUT2D eigenvalue weighted by Crippen LogP contribution is -2.46.